The summed E-state index contributed by atoms with van der Waals surface area (Å²) < 4.78 is 5.29. The molecule has 198 valence electrons. The van der Waals surface area contributed by atoms with Crippen LogP contribution in [0.1, 0.15) is 66.2 Å². The van der Waals surface area contributed by atoms with E-state index in [4.69, 9.17) is 4.74 Å². The summed E-state index contributed by atoms with van der Waals surface area (Å²) in [7, 11) is 1.60. The highest BCUT2D eigenvalue weighted by Crippen LogP contribution is 2.74. The van der Waals surface area contributed by atoms with Crippen molar-refractivity contribution in [3.05, 3.63) is 35.9 Å². The Morgan fingerprint density at radius 1 is 1.05 bits per heavy atom. The van der Waals surface area contributed by atoms with Gasteiger partial charge < -0.3 is 9.84 Å². The lowest BCUT2D eigenvalue weighted by molar-refractivity contribution is -0.194. The first-order chi connectivity index (χ1) is 17.5. The molecule has 0 radical (unpaired) electrons. The summed E-state index contributed by atoms with van der Waals surface area (Å²) >= 11 is 0. The van der Waals surface area contributed by atoms with Gasteiger partial charge in [-0.25, -0.2) is 0 Å². The molecule has 1 saturated heterocycles. The third kappa shape index (κ3) is 3.01. The van der Waals surface area contributed by atoms with Gasteiger partial charge in [-0.05, 0) is 92.4 Å². The highest BCUT2D eigenvalue weighted by Gasteiger charge is 2.73. The number of anilines is 1. The quantitative estimate of drug-likeness (QED) is 0.419. The minimum absolute atomic E-state index is 0.0326. The van der Waals surface area contributed by atoms with Gasteiger partial charge >= 0.3 is 5.97 Å². The fraction of sp³-hybridized carbons (Fsp3) is 0.645. The van der Waals surface area contributed by atoms with E-state index in [9.17, 15) is 19.5 Å². The highest BCUT2D eigenvalue weighted by atomic mass is 16.5. The van der Waals surface area contributed by atoms with Crippen LogP contribution in [0.3, 0.4) is 0 Å². The zero-order valence-electron chi connectivity index (χ0n) is 22.6. The molecule has 37 heavy (non-hydrogen) atoms. The molecule has 8 atom stereocenters. The second kappa shape index (κ2) is 7.94. The van der Waals surface area contributed by atoms with Crippen LogP contribution in [0.4, 0.5) is 5.69 Å². The Hall–Kier alpha value is -2.63. The monoisotopic (exact) mass is 505 g/mol. The van der Waals surface area contributed by atoms with Crippen LogP contribution < -0.4 is 9.64 Å². The van der Waals surface area contributed by atoms with Crippen LogP contribution in [-0.2, 0) is 14.4 Å². The summed E-state index contributed by atoms with van der Waals surface area (Å²) in [4.78, 5) is 42.3. The summed E-state index contributed by atoms with van der Waals surface area (Å²) in [6, 6.07) is 7.20. The number of methoxy groups -OCH3 is 1. The molecule has 6 aliphatic rings. The summed E-state index contributed by atoms with van der Waals surface area (Å²) in [5.41, 5.74) is 0.645. The first kappa shape index (κ1) is 24.7. The molecule has 6 heteroatoms. The van der Waals surface area contributed by atoms with Gasteiger partial charge in [0, 0.05) is 5.41 Å². The molecule has 7 rings (SSSR count). The molecular formula is C31H39NO5. The lowest BCUT2D eigenvalue weighted by Gasteiger charge is -2.68. The van der Waals surface area contributed by atoms with E-state index in [1.807, 2.05) is 6.92 Å². The predicted octanol–water partition coefficient (Wildman–Crippen LogP) is 5.71. The molecule has 1 heterocycles. The number of hydrogen-bond donors (Lipinski definition) is 1. The van der Waals surface area contributed by atoms with Crippen LogP contribution in [-0.4, -0.2) is 30.0 Å². The van der Waals surface area contributed by atoms with Gasteiger partial charge in [0.1, 0.15) is 5.75 Å². The van der Waals surface area contributed by atoms with Gasteiger partial charge in [-0.15, -0.1) is 0 Å². The smallest absolute Gasteiger partial charge is 0.309 e. The van der Waals surface area contributed by atoms with Gasteiger partial charge in [0.2, 0.25) is 11.8 Å². The Bertz CT molecular complexity index is 1200. The van der Waals surface area contributed by atoms with Gasteiger partial charge in [0.25, 0.3) is 0 Å². The van der Waals surface area contributed by atoms with Gasteiger partial charge in [-0.1, -0.05) is 38.8 Å². The number of imide groups is 1. The van der Waals surface area contributed by atoms with Crippen LogP contribution >= 0.6 is 0 Å². The van der Waals surface area contributed by atoms with Gasteiger partial charge in [0.05, 0.1) is 30.0 Å². The molecule has 6 nitrogen and oxygen atoms in total. The van der Waals surface area contributed by atoms with Crippen molar-refractivity contribution < 1.29 is 24.2 Å². The van der Waals surface area contributed by atoms with E-state index < -0.39 is 16.8 Å². The number of benzene rings is 1. The Morgan fingerprint density at radius 2 is 1.76 bits per heavy atom. The second-order valence-electron chi connectivity index (χ2n) is 13.2. The third-order valence-corrected chi connectivity index (χ3v) is 11.5. The van der Waals surface area contributed by atoms with E-state index in [0.29, 0.717) is 23.8 Å². The molecule has 2 amide bonds. The van der Waals surface area contributed by atoms with Crippen LogP contribution in [0.15, 0.2) is 35.9 Å². The van der Waals surface area contributed by atoms with Crippen molar-refractivity contribution in [2.24, 2.45) is 51.8 Å². The molecule has 1 aromatic rings. The fourth-order valence-electron chi connectivity index (χ4n) is 9.94. The van der Waals surface area contributed by atoms with Crippen molar-refractivity contribution >= 4 is 23.5 Å². The summed E-state index contributed by atoms with van der Waals surface area (Å²) in [6.45, 7) is 8.66. The number of carboxylic acids is 1. The number of allylic oxidation sites excluding steroid dienone is 2. The van der Waals surface area contributed by atoms with E-state index >= 15 is 0 Å². The number of nitrogens with zero attached hydrogens (tertiary/aromatic N) is 1. The zero-order chi connectivity index (χ0) is 26.5. The van der Waals surface area contributed by atoms with Gasteiger partial charge in [-0.2, -0.15) is 0 Å². The number of carboxylic acid groups (broad SMARTS) is 1. The lowest BCUT2D eigenvalue weighted by Crippen LogP contribution is -2.65. The number of aliphatic carboxylic acids is 1. The molecule has 0 aromatic heterocycles. The lowest BCUT2D eigenvalue weighted by atomic mass is 9.34. The topological polar surface area (TPSA) is 83.9 Å². The standard InChI is InChI=1S/C31H39NO5/c1-17(2)21-16-31-14-11-22-29(3,12-6-13-30(22,4)28(35)36)23(31)15-20(21)24-25(31)27(34)32(26(24)33)18-7-9-19(37-5)10-8-18/h7-10,16-17,20,22-25H,6,11-15H2,1-5H3,(H,35,36)/t20-,22+,23+,24-,25+,29+,30-,31-/m1/s1. The van der Waals surface area contributed by atoms with Crippen molar-refractivity contribution in [3.8, 4) is 5.75 Å². The Labute approximate surface area is 219 Å². The SMILES string of the molecule is COc1ccc(N2C(=O)[C@@H]3[C@@H]4C[C@H]5[C@@]6(C)CCC[C@@](C)(C(=O)O)[C@H]6CC[C@]5(C=C4C(C)C)[C@@H]3C2=O)cc1. The number of ether oxygens (including phenoxy) is 1. The number of carbonyl (C=O) groups is 3. The minimum Gasteiger partial charge on any atom is -0.497 e. The Kier molecular flexibility index (Phi) is 5.30. The van der Waals surface area contributed by atoms with Crippen LogP contribution in [0.5, 0.6) is 5.75 Å². The summed E-state index contributed by atoms with van der Waals surface area (Å²) in [6.07, 6.45) is 7.47. The molecule has 1 aromatic carbocycles. The normalized spacial score (nSPS) is 42.3. The van der Waals surface area contributed by atoms with Gasteiger partial charge in [0.15, 0.2) is 0 Å². The molecule has 4 fully saturated rings. The number of carbonyl (C=O) groups excluding carboxylic acids is 2. The predicted molar refractivity (Wildman–Crippen MR) is 140 cm³/mol. The van der Waals surface area contributed by atoms with E-state index in [1.165, 1.54) is 10.5 Å². The first-order valence-electron chi connectivity index (χ1n) is 14.0. The first-order valence-corrected chi connectivity index (χ1v) is 14.0. The molecule has 1 N–H and O–H groups in total. The van der Waals surface area contributed by atoms with Gasteiger partial charge in [-0.3, -0.25) is 19.3 Å². The third-order valence-electron chi connectivity index (χ3n) is 11.5. The van der Waals surface area contributed by atoms with Crippen LogP contribution in [0, 0.1) is 51.8 Å². The van der Waals surface area contributed by atoms with E-state index in [0.717, 1.165) is 32.1 Å². The minimum atomic E-state index is -0.736. The van der Waals surface area contributed by atoms with Crippen LogP contribution in [0.25, 0.3) is 0 Å². The largest absolute Gasteiger partial charge is 0.497 e. The number of hydrogen-bond acceptors (Lipinski definition) is 4. The van der Waals surface area contributed by atoms with E-state index in [2.05, 4.69) is 26.8 Å². The number of amides is 2. The molecule has 2 bridgehead atoms. The maximum absolute atomic E-state index is 14.3. The van der Waals surface area contributed by atoms with Crippen LogP contribution in [0.2, 0.25) is 0 Å². The molecule has 1 spiro atoms. The Morgan fingerprint density at radius 3 is 2.38 bits per heavy atom. The van der Waals surface area contributed by atoms with Crippen molar-refractivity contribution in [2.45, 2.75) is 66.2 Å². The zero-order valence-corrected chi connectivity index (χ0v) is 22.6. The van der Waals surface area contributed by atoms with E-state index in [1.54, 1.807) is 31.4 Å². The maximum Gasteiger partial charge on any atom is 0.309 e. The average Bonchev–Trinajstić information content (AvgIpc) is 3.15. The average molecular weight is 506 g/mol. The maximum atomic E-state index is 14.3. The number of rotatable bonds is 4. The van der Waals surface area contributed by atoms with Crippen molar-refractivity contribution in [1.29, 1.82) is 0 Å². The molecule has 1 aliphatic heterocycles. The van der Waals surface area contributed by atoms with Crippen molar-refractivity contribution in [1.82, 2.24) is 0 Å². The van der Waals surface area contributed by atoms with E-state index in [-0.39, 0.29) is 46.8 Å². The van der Waals surface area contributed by atoms with Crippen molar-refractivity contribution in [2.75, 3.05) is 12.0 Å². The molecular weight excluding hydrogens is 466 g/mol. The Balaban J connectivity index is 1.47. The number of fused-ring (bicyclic) bond motifs is 1. The van der Waals surface area contributed by atoms with Crippen molar-refractivity contribution in [3.63, 3.8) is 0 Å². The summed E-state index contributed by atoms with van der Waals surface area (Å²) in [5, 5.41) is 10.3. The summed E-state index contributed by atoms with van der Waals surface area (Å²) in [5.74, 6) is -0.213. The fourth-order valence-corrected chi connectivity index (χ4v) is 9.94. The highest BCUT2D eigenvalue weighted by molar-refractivity contribution is 6.23. The molecule has 5 aliphatic carbocycles. The molecule has 0 unspecified atom stereocenters. The molecule has 3 saturated carbocycles. The second-order valence-corrected chi connectivity index (χ2v) is 13.2.